The summed E-state index contributed by atoms with van der Waals surface area (Å²) in [4.78, 5) is 0. The lowest BCUT2D eigenvalue weighted by Crippen LogP contribution is -1.97. The maximum atomic E-state index is 6.45. The van der Waals surface area contributed by atoms with Crippen molar-refractivity contribution < 1.29 is 9.15 Å². The van der Waals surface area contributed by atoms with Crippen molar-refractivity contribution in [3.8, 4) is 5.75 Å². The monoisotopic (exact) mass is 342 g/mol. The van der Waals surface area contributed by atoms with Crippen LogP contribution in [-0.2, 0) is 0 Å². The maximum Gasteiger partial charge on any atom is 0.133 e. The minimum Gasteiger partial charge on any atom is -0.492 e. The minimum atomic E-state index is -0.214. The molecular weight excluding hydrogens is 328 g/mol. The van der Waals surface area contributed by atoms with Crippen LogP contribution < -0.4 is 4.74 Å². The van der Waals surface area contributed by atoms with E-state index < -0.39 is 0 Å². The number of benzene rings is 1. The van der Waals surface area contributed by atoms with Crippen molar-refractivity contribution in [2.24, 2.45) is 0 Å². The molecule has 0 aliphatic carbocycles. The molecule has 2 nitrogen and oxygen atoms in total. The van der Waals surface area contributed by atoms with Gasteiger partial charge in [0.15, 0.2) is 0 Å². The average Bonchev–Trinajstić information content (AvgIpc) is 2.83. The molecule has 0 radical (unpaired) electrons. The van der Waals surface area contributed by atoms with Gasteiger partial charge in [-0.2, -0.15) is 0 Å². The maximum absolute atomic E-state index is 6.45. The Morgan fingerprint density at radius 2 is 2.11 bits per heavy atom. The minimum absolute atomic E-state index is 0.214. The first-order valence-electron chi connectivity index (χ1n) is 6.23. The van der Waals surface area contributed by atoms with Crippen LogP contribution in [0.4, 0.5) is 0 Å². The van der Waals surface area contributed by atoms with Crippen LogP contribution >= 0.6 is 27.5 Å². The first-order chi connectivity index (χ1) is 9.11. The van der Waals surface area contributed by atoms with Crippen LogP contribution in [0.1, 0.15) is 35.6 Å². The summed E-state index contributed by atoms with van der Waals surface area (Å²) in [6, 6.07) is 7.87. The highest BCUT2D eigenvalue weighted by molar-refractivity contribution is 9.10. The number of ether oxygens (including phenoxy) is 1. The Bertz CT molecular complexity index is 551. The highest BCUT2D eigenvalue weighted by atomic mass is 79.9. The molecule has 2 rings (SSSR count). The molecule has 1 unspecified atom stereocenters. The standard InChI is InChI=1S/C15H16BrClO2/c1-3-6-18-14-5-4-11(8-13(14)16)15(17)12-7-10(2)19-9-12/h4-5,7-9,15H,3,6H2,1-2H3. The van der Waals surface area contributed by atoms with Crippen molar-refractivity contribution >= 4 is 27.5 Å². The molecule has 1 aromatic carbocycles. The number of furan rings is 1. The van der Waals surface area contributed by atoms with E-state index in [-0.39, 0.29) is 5.38 Å². The summed E-state index contributed by atoms with van der Waals surface area (Å²) >= 11 is 9.97. The molecule has 102 valence electrons. The summed E-state index contributed by atoms with van der Waals surface area (Å²) in [6.45, 7) is 4.70. The largest absolute Gasteiger partial charge is 0.492 e. The smallest absolute Gasteiger partial charge is 0.133 e. The van der Waals surface area contributed by atoms with Gasteiger partial charge in [0.1, 0.15) is 11.5 Å². The van der Waals surface area contributed by atoms with Crippen LogP contribution in [0, 0.1) is 6.92 Å². The Kier molecular flexibility index (Phi) is 4.94. The van der Waals surface area contributed by atoms with Gasteiger partial charge in [0.25, 0.3) is 0 Å². The Balaban J connectivity index is 2.19. The normalized spacial score (nSPS) is 12.4. The molecule has 1 heterocycles. The van der Waals surface area contributed by atoms with Gasteiger partial charge in [-0.25, -0.2) is 0 Å². The molecule has 0 aliphatic heterocycles. The SMILES string of the molecule is CCCOc1ccc(C(Cl)c2coc(C)c2)cc1Br. The number of alkyl halides is 1. The highest BCUT2D eigenvalue weighted by Gasteiger charge is 2.14. The molecule has 0 aliphatic rings. The van der Waals surface area contributed by atoms with Gasteiger partial charge >= 0.3 is 0 Å². The van der Waals surface area contributed by atoms with Gasteiger partial charge < -0.3 is 9.15 Å². The van der Waals surface area contributed by atoms with E-state index in [0.29, 0.717) is 6.61 Å². The van der Waals surface area contributed by atoms with Crippen LogP contribution in [0.5, 0.6) is 5.75 Å². The van der Waals surface area contributed by atoms with Crippen molar-refractivity contribution in [1.29, 1.82) is 0 Å². The third-order valence-corrected chi connectivity index (χ3v) is 3.88. The summed E-state index contributed by atoms with van der Waals surface area (Å²) in [6.07, 6.45) is 2.68. The summed E-state index contributed by atoms with van der Waals surface area (Å²) in [7, 11) is 0. The molecule has 0 saturated carbocycles. The Morgan fingerprint density at radius 1 is 1.32 bits per heavy atom. The van der Waals surface area contributed by atoms with E-state index in [4.69, 9.17) is 20.8 Å². The van der Waals surface area contributed by atoms with E-state index in [9.17, 15) is 0 Å². The lowest BCUT2D eigenvalue weighted by atomic mass is 10.1. The zero-order valence-electron chi connectivity index (χ0n) is 11.0. The first kappa shape index (κ1) is 14.5. The van der Waals surface area contributed by atoms with Gasteiger partial charge in [0.05, 0.1) is 22.7 Å². The van der Waals surface area contributed by atoms with Crippen molar-refractivity contribution in [2.75, 3.05) is 6.61 Å². The Morgan fingerprint density at radius 3 is 2.68 bits per heavy atom. The summed E-state index contributed by atoms with van der Waals surface area (Å²) < 4.78 is 11.8. The van der Waals surface area contributed by atoms with Crippen LogP contribution in [0.15, 0.2) is 39.4 Å². The van der Waals surface area contributed by atoms with E-state index in [1.807, 2.05) is 31.2 Å². The van der Waals surface area contributed by atoms with E-state index in [1.165, 1.54) is 0 Å². The summed E-state index contributed by atoms with van der Waals surface area (Å²) in [5.41, 5.74) is 1.98. The molecule has 0 fully saturated rings. The summed E-state index contributed by atoms with van der Waals surface area (Å²) in [5, 5.41) is -0.214. The third kappa shape index (κ3) is 3.54. The van der Waals surface area contributed by atoms with Gasteiger partial charge in [0, 0.05) is 5.56 Å². The average molecular weight is 344 g/mol. The molecule has 0 spiro atoms. The third-order valence-electron chi connectivity index (χ3n) is 2.75. The van der Waals surface area contributed by atoms with Crippen LogP contribution in [0.2, 0.25) is 0 Å². The van der Waals surface area contributed by atoms with Crippen LogP contribution in [0.25, 0.3) is 0 Å². The Labute approximate surface area is 126 Å². The molecule has 0 amide bonds. The number of hydrogen-bond donors (Lipinski definition) is 0. The van der Waals surface area contributed by atoms with Gasteiger partial charge in [0.2, 0.25) is 0 Å². The van der Waals surface area contributed by atoms with E-state index in [1.54, 1.807) is 6.26 Å². The molecular formula is C15H16BrClO2. The van der Waals surface area contributed by atoms with Crippen molar-refractivity contribution in [3.05, 3.63) is 51.9 Å². The molecule has 0 saturated heterocycles. The molecule has 0 bridgehead atoms. The van der Waals surface area contributed by atoms with Crippen molar-refractivity contribution in [2.45, 2.75) is 25.6 Å². The van der Waals surface area contributed by atoms with Crippen molar-refractivity contribution in [1.82, 2.24) is 0 Å². The van der Waals surface area contributed by atoms with E-state index in [0.717, 1.165) is 33.5 Å². The second-order valence-corrected chi connectivity index (χ2v) is 5.68. The fraction of sp³-hybridized carbons (Fsp3) is 0.333. The van der Waals surface area contributed by atoms with Gasteiger partial charge in [-0.15, -0.1) is 11.6 Å². The first-order valence-corrected chi connectivity index (χ1v) is 7.46. The lowest BCUT2D eigenvalue weighted by Gasteiger charge is -2.11. The lowest BCUT2D eigenvalue weighted by molar-refractivity contribution is 0.315. The predicted molar refractivity (Wildman–Crippen MR) is 81.1 cm³/mol. The number of halogens is 2. The van der Waals surface area contributed by atoms with E-state index in [2.05, 4.69) is 22.9 Å². The van der Waals surface area contributed by atoms with E-state index >= 15 is 0 Å². The number of rotatable bonds is 5. The van der Waals surface area contributed by atoms with Gasteiger partial charge in [-0.3, -0.25) is 0 Å². The fourth-order valence-corrected chi connectivity index (χ4v) is 2.55. The van der Waals surface area contributed by atoms with Crippen LogP contribution in [-0.4, -0.2) is 6.61 Å². The number of hydrogen-bond acceptors (Lipinski definition) is 2. The number of aryl methyl sites for hydroxylation is 1. The molecule has 1 atom stereocenters. The molecule has 1 aromatic heterocycles. The molecule has 19 heavy (non-hydrogen) atoms. The molecule has 2 aromatic rings. The quantitative estimate of drug-likeness (QED) is 0.672. The summed E-state index contributed by atoms with van der Waals surface area (Å²) in [5.74, 6) is 1.71. The highest BCUT2D eigenvalue weighted by Crippen LogP contribution is 2.34. The fourth-order valence-electron chi connectivity index (χ4n) is 1.79. The van der Waals surface area contributed by atoms with Gasteiger partial charge in [-0.1, -0.05) is 13.0 Å². The van der Waals surface area contributed by atoms with Crippen LogP contribution in [0.3, 0.4) is 0 Å². The van der Waals surface area contributed by atoms with Crippen molar-refractivity contribution in [3.63, 3.8) is 0 Å². The molecule has 4 heteroatoms. The Hall–Kier alpha value is -0.930. The zero-order chi connectivity index (χ0) is 13.8. The zero-order valence-corrected chi connectivity index (χ0v) is 13.3. The predicted octanol–water partition coefficient (Wildman–Crippen LogP) is 5.47. The van der Waals surface area contributed by atoms with Gasteiger partial charge in [-0.05, 0) is 53.0 Å². The molecule has 0 N–H and O–H groups in total. The second kappa shape index (κ2) is 6.49. The topological polar surface area (TPSA) is 22.4 Å². The second-order valence-electron chi connectivity index (χ2n) is 4.39.